The Morgan fingerprint density at radius 3 is 2.41 bits per heavy atom. The highest BCUT2D eigenvalue weighted by atomic mass is 35.5. The predicted octanol–water partition coefficient (Wildman–Crippen LogP) is 2.37. The average Bonchev–Trinajstić information content (AvgIpc) is 2.30. The van der Waals surface area contributed by atoms with E-state index in [1.54, 1.807) is 38.1 Å². The third kappa shape index (κ3) is 4.57. The van der Waals surface area contributed by atoms with Gasteiger partial charge in [0.2, 0.25) is 5.91 Å². The lowest BCUT2D eigenvalue weighted by Crippen LogP contribution is -2.39. The Hall–Kier alpha value is -1.35. The first-order valence-corrected chi connectivity index (χ1v) is 5.97. The van der Waals surface area contributed by atoms with Crippen LogP contribution in [0.5, 0.6) is 0 Å². The zero-order valence-electron chi connectivity index (χ0n) is 10.00. The van der Waals surface area contributed by atoms with Gasteiger partial charge in [0.15, 0.2) is 5.78 Å². The van der Waals surface area contributed by atoms with Crippen molar-refractivity contribution in [2.75, 3.05) is 0 Å². The van der Waals surface area contributed by atoms with E-state index in [1.165, 1.54) is 0 Å². The summed E-state index contributed by atoms with van der Waals surface area (Å²) in [5.74, 6) is -0.115. The maximum Gasteiger partial charge on any atom is 0.224 e. The zero-order valence-corrected chi connectivity index (χ0v) is 10.8. The van der Waals surface area contributed by atoms with E-state index in [-0.39, 0.29) is 18.1 Å². The Morgan fingerprint density at radius 1 is 1.29 bits per heavy atom. The van der Waals surface area contributed by atoms with Gasteiger partial charge < -0.3 is 5.32 Å². The van der Waals surface area contributed by atoms with Crippen LogP contribution in [0, 0.1) is 0 Å². The van der Waals surface area contributed by atoms with Gasteiger partial charge in [-0.05, 0) is 24.6 Å². The molecule has 0 heterocycles. The SMILES string of the molecule is CCC(=O)C(C)NC(=O)Cc1ccc(Cl)cc1. The fourth-order valence-corrected chi connectivity index (χ4v) is 1.59. The summed E-state index contributed by atoms with van der Waals surface area (Å²) in [4.78, 5) is 22.9. The molecular weight excluding hydrogens is 238 g/mol. The molecule has 4 heteroatoms. The molecule has 0 aromatic heterocycles. The van der Waals surface area contributed by atoms with E-state index in [9.17, 15) is 9.59 Å². The average molecular weight is 254 g/mol. The van der Waals surface area contributed by atoms with Gasteiger partial charge in [0.25, 0.3) is 0 Å². The van der Waals surface area contributed by atoms with Gasteiger partial charge in [-0.15, -0.1) is 0 Å². The van der Waals surface area contributed by atoms with Gasteiger partial charge in [-0.3, -0.25) is 9.59 Å². The summed E-state index contributed by atoms with van der Waals surface area (Å²) in [6.07, 6.45) is 0.695. The summed E-state index contributed by atoms with van der Waals surface area (Å²) in [6.45, 7) is 3.48. The molecule has 0 aliphatic carbocycles. The molecule has 0 saturated heterocycles. The van der Waals surface area contributed by atoms with Crippen LogP contribution in [0.2, 0.25) is 5.02 Å². The standard InChI is InChI=1S/C13H16ClNO2/c1-3-12(16)9(2)15-13(17)8-10-4-6-11(14)7-5-10/h4-7,9H,3,8H2,1-2H3,(H,15,17). The Balaban J connectivity index is 2.50. The van der Waals surface area contributed by atoms with Crippen molar-refractivity contribution in [1.82, 2.24) is 5.32 Å². The van der Waals surface area contributed by atoms with Crippen molar-refractivity contribution in [2.24, 2.45) is 0 Å². The van der Waals surface area contributed by atoms with Gasteiger partial charge in [0.05, 0.1) is 12.5 Å². The van der Waals surface area contributed by atoms with Crippen LogP contribution in [0.15, 0.2) is 24.3 Å². The first kappa shape index (κ1) is 13.7. The van der Waals surface area contributed by atoms with Crippen molar-refractivity contribution in [1.29, 1.82) is 0 Å². The summed E-state index contributed by atoms with van der Waals surface area (Å²) < 4.78 is 0. The minimum absolute atomic E-state index is 0.0365. The van der Waals surface area contributed by atoms with Crippen molar-refractivity contribution in [2.45, 2.75) is 32.7 Å². The lowest BCUT2D eigenvalue weighted by atomic mass is 10.1. The van der Waals surface area contributed by atoms with Gasteiger partial charge in [-0.1, -0.05) is 30.7 Å². The number of hydrogen-bond acceptors (Lipinski definition) is 2. The Kier molecular flexibility index (Phi) is 5.16. The van der Waals surface area contributed by atoms with Crippen LogP contribution in [0.3, 0.4) is 0 Å². The summed E-state index contributed by atoms with van der Waals surface area (Å²) in [6, 6.07) is 6.66. The number of carbonyl (C=O) groups is 2. The maximum absolute atomic E-state index is 11.6. The third-order valence-electron chi connectivity index (χ3n) is 2.49. The normalized spacial score (nSPS) is 11.9. The largest absolute Gasteiger partial charge is 0.346 e. The number of benzene rings is 1. The van der Waals surface area contributed by atoms with E-state index < -0.39 is 6.04 Å². The van der Waals surface area contributed by atoms with Crippen molar-refractivity contribution in [3.63, 3.8) is 0 Å². The van der Waals surface area contributed by atoms with Gasteiger partial charge in [-0.25, -0.2) is 0 Å². The van der Waals surface area contributed by atoms with Crippen LogP contribution in [0.1, 0.15) is 25.8 Å². The number of rotatable bonds is 5. The molecule has 0 spiro atoms. The second-order valence-corrected chi connectivity index (χ2v) is 4.35. The molecule has 1 aromatic carbocycles. The molecule has 0 radical (unpaired) electrons. The second-order valence-electron chi connectivity index (χ2n) is 3.91. The van der Waals surface area contributed by atoms with Crippen molar-refractivity contribution >= 4 is 23.3 Å². The smallest absolute Gasteiger partial charge is 0.224 e. The summed E-state index contributed by atoms with van der Waals surface area (Å²) >= 11 is 5.75. The molecule has 92 valence electrons. The van der Waals surface area contributed by atoms with E-state index in [4.69, 9.17) is 11.6 Å². The lowest BCUT2D eigenvalue weighted by molar-refractivity contribution is -0.126. The van der Waals surface area contributed by atoms with E-state index >= 15 is 0 Å². The summed E-state index contributed by atoms with van der Waals surface area (Å²) in [7, 11) is 0. The van der Waals surface area contributed by atoms with Crippen LogP contribution in [0.25, 0.3) is 0 Å². The number of ketones is 1. The minimum atomic E-state index is -0.417. The molecule has 1 atom stereocenters. The molecule has 1 aromatic rings. The first-order chi connectivity index (χ1) is 8.02. The second kappa shape index (κ2) is 6.40. The number of hydrogen-bond donors (Lipinski definition) is 1. The van der Waals surface area contributed by atoms with E-state index in [2.05, 4.69) is 5.32 Å². The van der Waals surface area contributed by atoms with E-state index in [1.807, 2.05) is 0 Å². The first-order valence-electron chi connectivity index (χ1n) is 5.59. The molecule has 0 aliphatic rings. The van der Waals surface area contributed by atoms with E-state index in [0.717, 1.165) is 5.56 Å². The molecule has 3 nitrogen and oxygen atoms in total. The third-order valence-corrected chi connectivity index (χ3v) is 2.74. The molecular formula is C13H16ClNO2. The number of carbonyl (C=O) groups excluding carboxylic acids is 2. The van der Waals surface area contributed by atoms with Crippen LogP contribution < -0.4 is 5.32 Å². The van der Waals surface area contributed by atoms with Gasteiger partial charge in [0, 0.05) is 11.4 Å². The van der Waals surface area contributed by atoms with Crippen LogP contribution in [0.4, 0.5) is 0 Å². The van der Waals surface area contributed by atoms with Gasteiger partial charge in [-0.2, -0.15) is 0 Å². The van der Waals surface area contributed by atoms with E-state index in [0.29, 0.717) is 11.4 Å². The molecule has 0 bridgehead atoms. The van der Waals surface area contributed by atoms with Crippen LogP contribution in [-0.4, -0.2) is 17.7 Å². The Labute approximate surface area is 106 Å². The molecule has 1 rings (SSSR count). The number of nitrogens with one attached hydrogen (secondary N) is 1. The van der Waals surface area contributed by atoms with Crippen molar-refractivity contribution in [3.8, 4) is 0 Å². The van der Waals surface area contributed by atoms with Crippen molar-refractivity contribution in [3.05, 3.63) is 34.9 Å². The monoisotopic (exact) mass is 253 g/mol. The lowest BCUT2D eigenvalue weighted by Gasteiger charge is -2.11. The Bertz CT molecular complexity index is 400. The highest BCUT2D eigenvalue weighted by Crippen LogP contribution is 2.09. The van der Waals surface area contributed by atoms with Gasteiger partial charge in [0.1, 0.15) is 0 Å². The van der Waals surface area contributed by atoms with Crippen LogP contribution in [-0.2, 0) is 16.0 Å². The molecule has 1 N–H and O–H groups in total. The molecule has 1 unspecified atom stereocenters. The molecule has 1 amide bonds. The number of halogens is 1. The minimum Gasteiger partial charge on any atom is -0.346 e. The number of Topliss-reactive ketones (excluding diaryl/α,β-unsaturated/α-hetero) is 1. The molecule has 0 saturated carbocycles. The summed E-state index contributed by atoms with van der Waals surface area (Å²) in [5, 5.41) is 3.31. The van der Waals surface area contributed by atoms with Crippen molar-refractivity contribution < 1.29 is 9.59 Å². The molecule has 17 heavy (non-hydrogen) atoms. The Morgan fingerprint density at radius 2 is 1.88 bits per heavy atom. The highest BCUT2D eigenvalue weighted by Gasteiger charge is 2.13. The predicted molar refractivity (Wildman–Crippen MR) is 68.1 cm³/mol. The van der Waals surface area contributed by atoms with Crippen LogP contribution >= 0.6 is 11.6 Å². The fraction of sp³-hybridized carbons (Fsp3) is 0.385. The topological polar surface area (TPSA) is 46.2 Å². The molecule has 0 aliphatic heterocycles. The molecule has 0 fully saturated rings. The highest BCUT2D eigenvalue weighted by molar-refractivity contribution is 6.30. The van der Waals surface area contributed by atoms with Gasteiger partial charge >= 0.3 is 0 Å². The fourth-order valence-electron chi connectivity index (χ4n) is 1.47. The maximum atomic E-state index is 11.6. The zero-order chi connectivity index (χ0) is 12.8. The summed E-state index contributed by atoms with van der Waals surface area (Å²) in [5.41, 5.74) is 0.878. The number of amides is 1. The quantitative estimate of drug-likeness (QED) is 0.876.